The average molecular weight is 298 g/mol. The zero-order valence-electron chi connectivity index (χ0n) is 9.69. The van der Waals surface area contributed by atoms with E-state index in [1.807, 2.05) is 6.20 Å². The van der Waals surface area contributed by atoms with Gasteiger partial charge in [-0.15, -0.1) is 0 Å². The van der Waals surface area contributed by atoms with E-state index < -0.39 is 0 Å². The molecule has 2 aliphatic rings. The zero-order chi connectivity index (χ0) is 11.7. The summed E-state index contributed by atoms with van der Waals surface area (Å²) in [6.07, 6.45) is 7.44. The van der Waals surface area contributed by atoms with E-state index in [1.165, 1.54) is 17.7 Å². The molecule has 0 spiro atoms. The molecule has 0 N–H and O–H groups in total. The molecule has 0 saturated carbocycles. The molecule has 2 heterocycles. The Morgan fingerprint density at radius 3 is 3.12 bits per heavy atom. The summed E-state index contributed by atoms with van der Waals surface area (Å²) in [5.74, 6) is 0. The van der Waals surface area contributed by atoms with Crippen LogP contribution in [0.1, 0.15) is 43.0 Å². The minimum Gasteiger partial charge on any atom is -0.353 e. The minimum absolute atomic E-state index is 0.0151. The van der Waals surface area contributed by atoms with Crippen molar-refractivity contribution in [3.8, 4) is 0 Å². The van der Waals surface area contributed by atoms with E-state index in [0.717, 1.165) is 36.8 Å². The number of fused-ring (bicyclic) bond motifs is 1. The molecule has 92 valence electrons. The smallest absolute Gasteiger partial charge is 0.158 e. The number of pyridine rings is 1. The molecule has 1 fully saturated rings. The van der Waals surface area contributed by atoms with Crippen LogP contribution in [0.5, 0.6) is 0 Å². The summed E-state index contributed by atoms with van der Waals surface area (Å²) in [6.45, 7) is 0.834. The standard InChI is InChI=1S/C13H16BrNO2/c14-9-7-10-11(15-8-9)4-5-12(10)17-13-3-1-2-6-16-13/h7-8,12-13H,1-6H2. The van der Waals surface area contributed by atoms with E-state index in [4.69, 9.17) is 9.47 Å². The molecular formula is C13H16BrNO2. The highest BCUT2D eigenvalue weighted by atomic mass is 79.9. The molecule has 1 aliphatic heterocycles. The first-order chi connectivity index (χ1) is 8.33. The number of hydrogen-bond acceptors (Lipinski definition) is 3. The predicted molar refractivity (Wildman–Crippen MR) is 67.7 cm³/mol. The topological polar surface area (TPSA) is 31.4 Å². The number of rotatable bonds is 2. The van der Waals surface area contributed by atoms with Gasteiger partial charge in [-0.3, -0.25) is 4.98 Å². The van der Waals surface area contributed by atoms with Crippen LogP contribution in [0.25, 0.3) is 0 Å². The second-order valence-electron chi connectivity index (χ2n) is 4.65. The van der Waals surface area contributed by atoms with Gasteiger partial charge in [0.05, 0.1) is 6.10 Å². The van der Waals surface area contributed by atoms with Gasteiger partial charge >= 0.3 is 0 Å². The Balaban J connectivity index is 1.72. The number of aryl methyl sites for hydroxylation is 1. The second kappa shape index (κ2) is 5.04. The van der Waals surface area contributed by atoms with E-state index in [9.17, 15) is 0 Å². The molecule has 4 heteroatoms. The monoisotopic (exact) mass is 297 g/mol. The molecule has 1 aliphatic carbocycles. The first-order valence-electron chi connectivity index (χ1n) is 6.24. The molecule has 0 aromatic carbocycles. The van der Waals surface area contributed by atoms with Crippen molar-refractivity contribution in [2.75, 3.05) is 6.61 Å². The molecule has 0 radical (unpaired) electrons. The third kappa shape index (κ3) is 2.54. The van der Waals surface area contributed by atoms with Crippen LogP contribution in [0.15, 0.2) is 16.7 Å². The lowest BCUT2D eigenvalue weighted by Crippen LogP contribution is -2.23. The van der Waals surface area contributed by atoms with Crippen LogP contribution >= 0.6 is 15.9 Å². The maximum absolute atomic E-state index is 6.05. The number of halogens is 1. The Kier molecular flexibility index (Phi) is 3.45. The molecule has 1 saturated heterocycles. The number of hydrogen-bond donors (Lipinski definition) is 0. The molecule has 1 aromatic heterocycles. The summed E-state index contributed by atoms with van der Waals surface area (Å²) >= 11 is 3.47. The van der Waals surface area contributed by atoms with Crippen molar-refractivity contribution in [1.82, 2.24) is 4.98 Å². The lowest BCUT2D eigenvalue weighted by Gasteiger charge is -2.26. The SMILES string of the molecule is Brc1cnc2c(c1)C(OC1CCCCO1)CC2. The number of aromatic nitrogens is 1. The Bertz CT molecular complexity index is 404. The fourth-order valence-corrected chi connectivity index (χ4v) is 2.89. The van der Waals surface area contributed by atoms with Crippen LogP contribution in [-0.4, -0.2) is 17.9 Å². The van der Waals surface area contributed by atoms with Crippen LogP contribution in [0.2, 0.25) is 0 Å². The van der Waals surface area contributed by atoms with E-state index in [-0.39, 0.29) is 12.4 Å². The maximum atomic E-state index is 6.05. The molecule has 17 heavy (non-hydrogen) atoms. The van der Waals surface area contributed by atoms with Crippen molar-refractivity contribution in [2.24, 2.45) is 0 Å². The molecule has 3 nitrogen and oxygen atoms in total. The van der Waals surface area contributed by atoms with Gasteiger partial charge in [-0.25, -0.2) is 0 Å². The highest BCUT2D eigenvalue weighted by Crippen LogP contribution is 2.36. The van der Waals surface area contributed by atoms with Gasteiger partial charge in [0.1, 0.15) is 0 Å². The minimum atomic E-state index is -0.0151. The van der Waals surface area contributed by atoms with E-state index in [1.54, 1.807) is 0 Å². The maximum Gasteiger partial charge on any atom is 0.158 e. The quantitative estimate of drug-likeness (QED) is 0.839. The van der Waals surface area contributed by atoms with Crippen LogP contribution in [-0.2, 0) is 15.9 Å². The molecule has 0 bridgehead atoms. The summed E-state index contributed by atoms with van der Waals surface area (Å²) < 4.78 is 12.7. The fraction of sp³-hybridized carbons (Fsp3) is 0.615. The van der Waals surface area contributed by atoms with Crippen LogP contribution in [0, 0.1) is 0 Å². The van der Waals surface area contributed by atoms with E-state index >= 15 is 0 Å². The zero-order valence-corrected chi connectivity index (χ0v) is 11.3. The van der Waals surface area contributed by atoms with Crippen LogP contribution in [0.4, 0.5) is 0 Å². The highest BCUT2D eigenvalue weighted by Gasteiger charge is 2.28. The van der Waals surface area contributed by atoms with Crippen LogP contribution in [0.3, 0.4) is 0 Å². The molecule has 2 atom stereocenters. The summed E-state index contributed by atoms with van der Waals surface area (Å²) in [5, 5.41) is 0. The van der Waals surface area contributed by atoms with Gasteiger partial charge < -0.3 is 9.47 Å². The van der Waals surface area contributed by atoms with Gasteiger partial charge in [-0.2, -0.15) is 0 Å². The number of ether oxygens (including phenoxy) is 2. The van der Waals surface area contributed by atoms with Gasteiger partial charge in [0.2, 0.25) is 0 Å². The van der Waals surface area contributed by atoms with Gasteiger partial charge in [-0.1, -0.05) is 0 Å². The number of nitrogens with zero attached hydrogens (tertiary/aromatic N) is 1. The Hall–Kier alpha value is -0.450. The highest BCUT2D eigenvalue weighted by molar-refractivity contribution is 9.10. The first-order valence-corrected chi connectivity index (χ1v) is 7.03. The summed E-state index contributed by atoms with van der Waals surface area (Å²) in [4.78, 5) is 4.43. The molecule has 0 amide bonds. The Morgan fingerprint density at radius 2 is 2.29 bits per heavy atom. The van der Waals surface area contributed by atoms with Crippen molar-refractivity contribution < 1.29 is 9.47 Å². The molecule has 1 aromatic rings. The Morgan fingerprint density at radius 1 is 1.35 bits per heavy atom. The van der Waals surface area contributed by atoms with Gasteiger partial charge in [0.25, 0.3) is 0 Å². The second-order valence-corrected chi connectivity index (χ2v) is 5.56. The third-order valence-corrected chi connectivity index (χ3v) is 3.85. The first kappa shape index (κ1) is 11.6. The van der Waals surface area contributed by atoms with E-state index in [2.05, 4.69) is 27.0 Å². The third-order valence-electron chi connectivity index (χ3n) is 3.41. The van der Waals surface area contributed by atoms with Crippen molar-refractivity contribution >= 4 is 15.9 Å². The Labute approximate surface area is 110 Å². The lowest BCUT2D eigenvalue weighted by molar-refractivity contribution is -0.189. The van der Waals surface area contributed by atoms with Gasteiger partial charge in [0, 0.05) is 28.5 Å². The average Bonchev–Trinajstić information content (AvgIpc) is 2.73. The molecule has 3 rings (SSSR count). The van der Waals surface area contributed by atoms with Crippen molar-refractivity contribution in [1.29, 1.82) is 0 Å². The van der Waals surface area contributed by atoms with Crippen molar-refractivity contribution in [3.63, 3.8) is 0 Å². The van der Waals surface area contributed by atoms with Gasteiger partial charge in [-0.05, 0) is 54.1 Å². The normalized spacial score (nSPS) is 28.1. The summed E-state index contributed by atoms with van der Waals surface area (Å²) in [5.41, 5.74) is 2.41. The predicted octanol–water partition coefficient (Wildman–Crippen LogP) is 3.37. The molecular weight excluding hydrogens is 282 g/mol. The fourth-order valence-electron chi connectivity index (χ4n) is 2.54. The van der Waals surface area contributed by atoms with Crippen molar-refractivity contribution in [2.45, 2.75) is 44.5 Å². The summed E-state index contributed by atoms with van der Waals surface area (Å²) in [7, 11) is 0. The summed E-state index contributed by atoms with van der Waals surface area (Å²) in [6, 6.07) is 2.13. The van der Waals surface area contributed by atoms with Crippen molar-refractivity contribution in [3.05, 3.63) is 28.0 Å². The van der Waals surface area contributed by atoms with Crippen LogP contribution < -0.4 is 0 Å². The van der Waals surface area contributed by atoms with E-state index in [0.29, 0.717) is 0 Å². The van der Waals surface area contributed by atoms with Gasteiger partial charge in [0.15, 0.2) is 6.29 Å². The largest absolute Gasteiger partial charge is 0.353 e. The lowest BCUT2D eigenvalue weighted by atomic mass is 10.1. The molecule has 2 unspecified atom stereocenters.